The van der Waals surface area contributed by atoms with E-state index < -0.39 is 17.1 Å². The number of hydrogen-bond acceptors (Lipinski definition) is 6. The molecule has 4 amide bonds. The first kappa shape index (κ1) is 21.8. The summed E-state index contributed by atoms with van der Waals surface area (Å²) in [4.78, 5) is 52.2. The van der Waals surface area contributed by atoms with Crippen LogP contribution in [0.3, 0.4) is 0 Å². The smallest absolute Gasteiger partial charge is 0.293 e. The molecule has 10 heteroatoms. The van der Waals surface area contributed by atoms with Crippen LogP contribution in [0.1, 0.15) is 17.7 Å². The second-order valence-corrected chi connectivity index (χ2v) is 8.42. The summed E-state index contributed by atoms with van der Waals surface area (Å²) in [7, 11) is 0. The Kier molecular flexibility index (Phi) is 6.40. The molecule has 0 aliphatic carbocycles. The van der Waals surface area contributed by atoms with E-state index in [0.717, 1.165) is 16.7 Å². The largest absolute Gasteiger partial charge is 0.467 e. The molecule has 2 saturated heterocycles. The zero-order valence-corrected chi connectivity index (χ0v) is 17.8. The molecule has 1 unspecified atom stereocenters. The van der Waals surface area contributed by atoms with Gasteiger partial charge < -0.3 is 14.6 Å². The predicted molar refractivity (Wildman–Crippen MR) is 114 cm³/mol. The number of carbonyl (C=O) groups excluding carboxylic acids is 4. The second kappa shape index (κ2) is 9.39. The van der Waals surface area contributed by atoms with Crippen LogP contribution in [0.4, 0.5) is 9.18 Å². The molecule has 1 aromatic heterocycles. The molecule has 1 aromatic carbocycles. The molecule has 1 atom stereocenters. The summed E-state index contributed by atoms with van der Waals surface area (Å²) < 4.78 is 18.3. The molecule has 0 radical (unpaired) electrons. The predicted octanol–water partition coefficient (Wildman–Crippen LogP) is 2.62. The van der Waals surface area contributed by atoms with Gasteiger partial charge in [0.05, 0.1) is 23.6 Å². The van der Waals surface area contributed by atoms with Crippen molar-refractivity contribution in [2.75, 3.05) is 19.6 Å². The minimum atomic E-state index is -0.495. The van der Waals surface area contributed by atoms with Crippen LogP contribution in [-0.4, -0.2) is 52.4 Å². The molecule has 0 spiro atoms. The first-order chi connectivity index (χ1) is 15.4. The molecule has 32 heavy (non-hydrogen) atoms. The molecule has 2 fully saturated rings. The van der Waals surface area contributed by atoms with Gasteiger partial charge in [-0.25, -0.2) is 4.39 Å². The molecule has 2 aliphatic rings. The fourth-order valence-corrected chi connectivity index (χ4v) is 4.39. The molecule has 8 nitrogen and oxygen atoms in total. The second-order valence-electron chi connectivity index (χ2n) is 7.43. The van der Waals surface area contributed by atoms with Crippen LogP contribution in [0.5, 0.6) is 0 Å². The maximum atomic E-state index is 13.0. The minimum absolute atomic E-state index is 0.0218. The average molecular weight is 457 g/mol. The molecule has 0 saturated carbocycles. The Bertz CT molecular complexity index is 1070. The first-order valence-corrected chi connectivity index (χ1v) is 10.8. The molecule has 2 aliphatic heterocycles. The molecule has 1 N–H and O–H groups in total. The van der Waals surface area contributed by atoms with E-state index >= 15 is 0 Å². The van der Waals surface area contributed by atoms with Gasteiger partial charge in [0.25, 0.3) is 11.1 Å². The maximum Gasteiger partial charge on any atom is 0.293 e. The van der Waals surface area contributed by atoms with Gasteiger partial charge in [-0.1, -0.05) is 12.1 Å². The maximum absolute atomic E-state index is 13.0. The van der Waals surface area contributed by atoms with Crippen molar-refractivity contribution >= 4 is 40.8 Å². The van der Waals surface area contributed by atoms with Crippen LogP contribution in [0.2, 0.25) is 0 Å². The van der Waals surface area contributed by atoms with Crippen molar-refractivity contribution in [3.63, 3.8) is 0 Å². The average Bonchev–Trinajstić information content (AvgIpc) is 3.47. The van der Waals surface area contributed by atoms with E-state index in [-0.39, 0.29) is 48.6 Å². The number of rotatable bonds is 7. The van der Waals surface area contributed by atoms with Crippen LogP contribution in [0, 0.1) is 11.7 Å². The van der Waals surface area contributed by atoms with Gasteiger partial charge in [-0.15, -0.1) is 0 Å². The Morgan fingerprint density at radius 3 is 2.72 bits per heavy atom. The van der Waals surface area contributed by atoms with E-state index in [2.05, 4.69) is 5.32 Å². The highest BCUT2D eigenvalue weighted by atomic mass is 32.2. The van der Waals surface area contributed by atoms with Gasteiger partial charge in [0, 0.05) is 26.1 Å². The van der Waals surface area contributed by atoms with Gasteiger partial charge in [-0.05, 0) is 47.7 Å². The number of carbonyl (C=O) groups is 4. The Balaban J connectivity index is 1.27. The number of nitrogens with zero attached hydrogens (tertiary/aromatic N) is 2. The molecule has 166 valence electrons. The Hall–Kier alpha value is -3.40. The van der Waals surface area contributed by atoms with Gasteiger partial charge >= 0.3 is 0 Å². The van der Waals surface area contributed by atoms with Crippen molar-refractivity contribution in [2.24, 2.45) is 5.92 Å². The van der Waals surface area contributed by atoms with Crippen molar-refractivity contribution in [1.29, 1.82) is 0 Å². The number of likely N-dealkylation sites (tertiary alicyclic amines) is 1. The van der Waals surface area contributed by atoms with Gasteiger partial charge in [-0.3, -0.25) is 24.1 Å². The summed E-state index contributed by atoms with van der Waals surface area (Å²) in [5.74, 6) is -1.12. The fourth-order valence-electron chi connectivity index (χ4n) is 3.53. The van der Waals surface area contributed by atoms with E-state index in [1.165, 1.54) is 36.6 Å². The zero-order valence-electron chi connectivity index (χ0n) is 17.0. The van der Waals surface area contributed by atoms with Crippen LogP contribution in [-0.2, 0) is 20.9 Å². The van der Waals surface area contributed by atoms with Gasteiger partial charge in [0.15, 0.2) is 0 Å². The minimum Gasteiger partial charge on any atom is -0.467 e. The first-order valence-electron chi connectivity index (χ1n) is 9.99. The van der Waals surface area contributed by atoms with E-state index in [4.69, 9.17) is 4.42 Å². The number of furan rings is 1. The standard InChI is InChI=1S/C22H20FN3O5S/c23-16-5-3-14(4-6-16)10-18-21(29)26(22(30)32-18)8-7-24-20(28)15-11-19(27)25(12-15)13-17-2-1-9-31-17/h1-6,9-10,15H,7-8,11-13H2,(H,24,28)/b18-10-. The van der Waals surface area contributed by atoms with Crippen LogP contribution >= 0.6 is 11.8 Å². The number of benzene rings is 1. The fraction of sp³-hybridized carbons (Fsp3) is 0.273. The third-order valence-electron chi connectivity index (χ3n) is 5.19. The van der Waals surface area contributed by atoms with Crippen LogP contribution in [0.25, 0.3) is 6.08 Å². The number of amides is 4. The summed E-state index contributed by atoms with van der Waals surface area (Å²) in [6, 6.07) is 9.08. The normalized spacial score (nSPS) is 20.0. The Morgan fingerprint density at radius 1 is 1.22 bits per heavy atom. The SMILES string of the molecule is O=C(NCCN1C(=O)S/C(=C\c2ccc(F)cc2)C1=O)C1CC(=O)N(Cc2ccco2)C1. The van der Waals surface area contributed by atoms with Crippen molar-refractivity contribution in [3.05, 3.63) is 64.7 Å². The molecule has 2 aromatic rings. The lowest BCUT2D eigenvalue weighted by Gasteiger charge is -2.16. The monoisotopic (exact) mass is 457 g/mol. The number of nitrogens with one attached hydrogen (secondary N) is 1. The van der Waals surface area contributed by atoms with Gasteiger partial charge in [0.2, 0.25) is 11.8 Å². The summed E-state index contributed by atoms with van der Waals surface area (Å²) in [5, 5.41) is 2.27. The zero-order chi connectivity index (χ0) is 22.7. The van der Waals surface area contributed by atoms with E-state index in [0.29, 0.717) is 17.9 Å². The highest BCUT2D eigenvalue weighted by Crippen LogP contribution is 2.32. The lowest BCUT2D eigenvalue weighted by Crippen LogP contribution is -2.40. The molecular weight excluding hydrogens is 437 g/mol. The molecule has 3 heterocycles. The molecule has 4 rings (SSSR count). The summed E-state index contributed by atoms with van der Waals surface area (Å²) in [6.07, 6.45) is 3.16. The van der Waals surface area contributed by atoms with E-state index in [1.807, 2.05) is 0 Å². The topological polar surface area (TPSA) is 99.9 Å². The highest BCUT2D eigenvalue weighted by molar-refractivity contribution is 8.18. The van der Waals surface area contributed by atoms with Crippen molar-refractivity contribution in [1.82, 2.24) is 15.1 Å². The molecule has 0 bridgehead atoms. The van der Waals surface area contributed by atoms with Crippen LogP contribution in [0.15, 0.2) is 52.0 Å². The summed E-state index contributed by atoms with van der Waals surface area (Å²) >= 11 is 0.799. The summed E-state index contributed by atoms with van der Waals surface area (Å²) in [6.45, 7) is 0.706. The van der Waals surface area contributed by atoms with E-state index in [9.17, 15) is 23.6 Å². The number of hydrogen-bond donors (Lipinski definition) is 1. The third-order valence-corrected chi connectivity index (χ3v) is 6.10. The number of halogens is 1. The van der Waals surface area contributed by atoms with Crippen molar-refractivity contribution < 1.29 is 28.0 Å². The Labute approximate surface area is 187 Å². The van der Waals surface area contributed by atoms with Crippen LogP contribution < -0.4 is 5.32 Å². The molecular formula is C22H20FN3O5S. The van der Waals surface area contributed by atoms with Gasteiger partial charge in [0.1, 0.15) is 11.6 Å². The third kappa shape index (κ3) is 4.91. The van der Waals surface area contributed by atoms with Crippen molar-refractivity contribution in [3.8, 4) is 0 Å². The Morgan fingerprint density at radius 2 is 2.00 bits per heavy atom. The highest BCUT2D eigenvalue weighted by Gasteiger charge is 2.36. The lowest BCUT2D eigenvalue weighted by atomic mass is 10.1. The quantitative estimate of drug-likeness (QED) is 0.642. The number of thioether (sulfide) groups is 1. The van der Waals surface area contributed by atoms with E-state index in [1.54, 1.807) is 17.0 Å². The van der Waals surface area contributed by atoms with Crippen molar-refractivity contribution in [2.45, 2.75) is 13.0 Å². The summed E-state index contributed by atoms with van der Waals surface area (Å²) in [5.41, 5.74) is 0.607. The lowest BCUT2D eigenvalue weighted by molar-refractivity contribution is -0.129. The number of imide groups is 1. The van der Waals surface area contributed by atoms with Gasteiger partial charge in [-0.2, -0.15) is 0 Å².